The molecule has 0 spiro atoms. The van der Waals surface area contributed by atoms with Crippen molar-refractivity contribution in [2.45, 2.75) is 50.2 Å². The van der Waals surface area contributed by atoms with Crippen LogP contribution in [-0.2, 0) is 0 Å². The molecule has 1 aromatic carbocycles. The highest BCUT2D eigenvalue weighted by atomic mass is 35.5. The van der Waals surface area contributed by atoms with Crippen LogP contribution >= 0.6 is 23.2 Å². The summed E-state index contributed by atoms with van der Waals surface area (Å²) in [6.45, 7) is 0. The lowest BCUT2D eigenvalue weighted by molar-refractivity contribution is -0.0198. The van der Waals surface area contributed by atoms with E-state index in [0.29, 0.717) is 10.0 Å². The smallest absolute Gasteiger partial charge is 0.0988 e. The number of aliphatic hydroxyl groups excluding tert-OH is 1. The van der Waals surface area contributed by atoms with Crippen LogP contribution in [0.1, 0.15) is 50.2 Å². The van der Waals surface area contributed by atoms with Crippen molar-refractivity contribution in [3.8, 4) is 0 Å². The fourth-order valence-electron chi connectivity index (χ4n) is 3.32. The van der Waals surface area contributed by atoms with Crippen LogP contribution in [0.2, 0.25) is 10.0 Å². The second-order valence-corrected chi connectivity index (χ2v) is 6.82. The maximum Gasteiger partial charge on any atom is 0.0988 e. The van der Waals surface area contributed by atoms with Gasteiger partial charge in [-0.15, -0.1) is 0 Å². The van der Waals surface area contributed by atoms with Crippen molar-refractivity contribution < 1.29 is 5.11 Å². The average molecular weight is 316 g/mol. The van der Waals surface area contributed by atoms with E-state index >= 15 is 0 Å². The highest BCUT2D eigenvalue weighted by Gasteiger charge is 2.41. The summed E-state index contributed by atoms with van der Waals surface area (Å²) in [6, 6.07) is 5.32. The number of rotatable bonds is 3. The van der Waals surface area contributed by atoms with E-state index in [2.05, 4.69) is 4.90 Å². The van der Waals surface area contributed by atoms with E-state index in [-0.39, 0.29) is 5.54 Å². The minimum absolute atomic E-state index is 0.245. The molecular weight excluding hydrogens is 293 g/mol. The molecule has 2 nitrogen and oxygen atoms in total. The van der Waals surface area contributed by atoms with Crippen LogP contribution in [0.25, 0.3) is 0 Å². The van der Waals surface area contributed by atoms with Crippen LogP contribution < -0.4 is 0 Å². The lowest BCUT2D eigenvalue weighted by Crippen LogP contribution is -2.49. The molecule has 1 N–H and O–H groups in total. The van der Waals surface area contributed by atoms with Gasteiger partial charge in [0.25, 0.3) is 0 Å². The van der Waals surface area contributed by atoms with Crippen LogP contribution in [0.5, 0.6) is 0 Å². The second-order valence-electron chi connectivity index (χ2n) is 5.98. The van der Waals surface area contributed by atoms with Crippen molar-refractivity contribution >= 4 is 23.2 Å². The average Bonchev–Trinajstić information content (AvgIpc) is 2.67. The lowest BCUT2D eigenvalue weighted by atomic mass is 9.80. The molecule has 4 heteroatoms. The molecule has 0 aliphatic heterocycles. The molecule has 1 aliphatic rings. The molecule has 0 radical (unpaired) electrons. The summed E-state index contributed by atoms with van der Waals surface area (Å²) < 4.78 is 0. The second kappa shape index (κ2) is 6.65. The van der Waals surface area contributed by atoms with E-state index in [9.17, 15) is 5.11 Å². The van der Waals surface area contributed by atoms with Crippen molar-refractivity contribution in [1.29, 1.82) is 0 Å². The first-order chi connectivity index (χ1) is 9.47. The number of hydrogen-bond donors (Lipinski definition) is 1. The van der Waals surface area contributed by atoms with Gasteiger partial charge < -0.3 is 10.0 Å². The van der Waals surface area contributed by atoms with Gasteiger partial charge in [-0.2, -0.15) is 0 Å². The lowest BCUT2D eigenvalue weighted by Gasteiger charge is -2.43. The zero-order valence-electron chi connectivity index (χ0n) is 12.2. The first kappa shape index (κ1) is 16.1. The zero-order valence-corrected chi connectivity index (χ0v) is 13.7. The van der Waals surface area contributed by atoms with E-state index in [1.165, 1.54) is 12.8 Å². The summed E-state index contributed by atoms with van der Waals surface area (Å²) in [5, 5.41) is 12.2. The summed E-state index contributed by atoms with van der Waals surface area (Å²) >= 11 is 12.4. The van der Waals surface area contributed by atoms with E-state index in [1.54, 1.807) is 18.2 Å². The molecule has 20 heavy (non-hydrogen) atoms. The van der Waals surface area contributed by atoms with E-state index in [1.807, 2.05) is 14.1 Å². The Balaban J connectivity index is 2.40. The van der Waals surface area contributed by atoms with Crippen molar-refractivity contribution in [3.63, 3.8) is 0 Å². The maximum absolute atomic E-state index is 11.0. The minimum atomic E-state index is -0.609. The molecule has 1 aromatic rings. The highest BCUT2D eigenvalue weighted by Crippen LogP contribution is 2.43. The quantitative estimate of drug-likeness (QED) is 0.818. The Kier molecular flexibility index (Phi) is 5.36. The van der Waals surface area contributed by atoms with Gasteiger partial charge in [0.1, 0.15) is 0 Å². The Morgan fingerprint density at radius 1 is 1.10 bits per heavy atom. The third kappa shape index (κ3) is 3.14. The number of likely N-dealkylation sites (N-methyl/N-ethyl adjacent to an activating group) is 1. The van der Waals surface area contributed by atoms with Crippen LogP contribution in [-0.4, -0.2) is 29.6 Å². The van der Waals surface area contributed by atoms with Gasteiger partial charge >= 0.3 is 0 Å². The van der Waals surface area contributed by atoms with Gasteiger partial charge in [-0.05, 0) is 45.1 Å². The Morgan fingerprint density at radius 2 is 1.70 bits per heavy atom. The van der Waals surface area contributed by atoms with Gasteiger partial charge in [0.05, 0.1) is 11.6 Å². The first-order valence-electron chi connectivity index (χ1n) is 7.28. The summed E-state index contributed by atoms with van der Waals surface area (Å²) in [5.41, 5.74) is 0.500. The normalized spacial score (nSPS) is 20.7. The third-order valence-corrected chi connectivity index (χ3v) is 5.20. The highest BCUT2D eigenvalue weighted by molar-refractivity contribution is 6.33. The van der Waals surface area contributed by atoms with Gasteiger partial charge in [-0.25, -0.2) is 0 Å². The first-order valence-corrected chi connectivity index (χ1v) is 8.03. The van der Waals surface area contributed by atoms with Gasteiger partial charge in [-0.3, -0.25) is 0 Å². The molecule has 1 aliphatic carbocycles. The van der Waals surface area contributed by atoms with Crippen molar-refractivity contribution in [1.82, 2.24) is 4.90 Å². The van der Waals surface area contributed by atoms with E-state index in [0.717, 1.165) is 31.2 Å². The zero-order chi connectivity index (χ0) is 14.8. The molecule has 0 bridgehead atoms. The SMILES string of the molecule is CN(C)C1(C(O)c2cc(Cl)ccc2Cl)CCCCCC1. The summed E-state index contributed by atoms with van der Waals surface area (Å²) in [5.74, 6) is 0. The Bertz CT molecular complexity index is 454. The minimum Gasteiger partial charge on any atom is -0.386 e. The Hall–Kier alpha value is -0.280. The molecule has 0 aromatic heterocycles. The molecule has 1 fully saturated rings. The Labute approximate surface area is 131 Å². The third-order valence-electron chi connectivity index (χ3n) is 4.62. The predicted molar refractivity (Wildman–Crippen MR) is 85.5 cm³/mol. The van der Waals surface area contributed by atoms with Crippen LogP contribution in [0.4, 0.5) is 0 Å². The molecule has 0 heterocycles. The van der Waals surface area contributed by atoms with E-state index < -0.39 is 6.10 Å². The Morgan fingerprint density at radius 3 is 2.25 bits per heavy atom. The standard InChI is InChI=1S/C16H23Cl2NO/c1-19(2)16(9-5-3-4-6-10-16)15(20)13-11-12(17)7-8-14(13)18/h7-8,11,15,20H,3-6,9-10H2,1-2H3. The topological polar surface area (TPSA) is 23.5 Å². The van der Waals surface area contributed by atoms with Crippen molar-refractivity contribution in [2.75, 3.05) is 14.1 Å². The maximum atomic E-state index is 11.0. The summed E-state index contributed by atoms with van der Waals surface area (Å²) in [6.07, 6.45) is 6.15. The number of hydrogen-bond acceptors (Lipinski definition) is 2. The fourth-order valence-corrected chi connectivity index (χ4v) is 3.72. The number of halogens is 2. The molecule has 1 atom stereocenters. The van der Waals surface area contributed by atoms with Gasteiger partial charge in [0.2, 0.25) is 0 Å². The van der Waals surface area contributed by atoms with Crippen LogP contribution in [0, 0.1) is 0 Å². The van der Waals surface area contributed by atoms with Crippen molar-refractivity contribution in [2.24, 2.45) is 0 Å². The van der Waals surface area contributed by atoms with E-state index in [4.69, 9.17) is 23.2 Å². The number of benzene rings is 1. The van der Waals surface area contributed by atoms with Crippen LogP contribution in [0.15, 0.2) is 18.2 Å². The molecule has 1 saturated carbocycles. The molecule has 112 valence electrons. The molecule has 0 saturated heterocycles. The molecule has 0 amide bonds. The van der Waals surface area contributed by atoms with Gasteiger partial charge in [0, 0.05) is 15.6 Å². The van der Waals surface area contributed by atoms with Gasteiger partial charge in [-0.1, -0.05) is 48.9 Å². The number of aliphatic hydroxyl groups is 1. The largest absolute Gasteiger partial charge is 0.386 e. The summed E-state index contributed by atoms with van der Waals surface area (Å²) in [7, 11) is 4.10. The van der Waals surface area contributed by atoms with Crippen molar-refractivity contribution in [3.05, 3.63) is 33.8 Å². The number of nitrogens with zero attached hydrogens (tertiary/aromatic N) is 1. The van der Waals surface area contributed by atoms with Crippen LogP contribution in [0.3, 0.4) is 0 Å². The predicted octanol–water partition coefficient (Wildman–Crippen LogP) is 4.68. The summed E-state index contributed by atoms with van der Waals surface area (Å²) in [4.78, 5) is 2.17. The van der Waals surface area contributed by atoms with Gasteiger partial charge in [0.15, 0.2) is 0 Å². The molecular formula is C16H23Cl2NO. The fraction of sp³-hybridized carbons (Fsp3) is 0.625. The molecule has 1 unspecified atom stereocenters. The molecule has 2 rings (SSSR count). The monoisotopic (exact) mass is 315 g/mol.